The summed E-state index contributed by atoms with van der Waals surface area (Å²) in [4.78, 5) is 24.5. The molecule has 0 aliphatic carbocycles. The van der Waals surface area contributed by atoms with E-state index in [1.54, 1.807) is 19.2 Å². The normalized spacial score (nSPS) is 11.8. The molecule has 1 aromatic heterocycles. The fourth-order valence-corrected chi connectivity index (χ4v) is 2.42. The summed E-state index contributed by atoms with van der Waals surface area (Å²) in [6.45, 7) is 4.25. The third-order valence-corrected chi connectivity index (χ3v) is 3.83. The number of benzene rings is 1. The Morgan fingerprint density at radius 2 is 2.00 bits per heavy atom. The van der Waals surface area contributed by atoms with E-state index < -0.39 is 11.9 Å². The molecule has 0 saturated heterocycles. The fraction of sp³-hybridized carbons (Fsp3) is 0.368. The van der Waals surface area contributed by atoms with Gasteiger partial charge in [-0.1, -0.05) is 26.0 Å². The molecule has 1 unspecified atom stereocenters. The highest BCUT2D eigenvalue weighted by atomic mass is 16.5. The number of rotatable bonds is 8. The fourth-order valence-electron chi connectivity index (χ4n) is 2.42. The first-order valence-corrected chi connectivity index (χ1v) is 8.26. The Morgan fingerprint density at radius 1 is 1.20 bits per heavy atom. The van der Waals surface area contributed by atoms with Crippen molar-refractivity contribution in [2.45, 2.75) is 26.3 Å². The molecule has 134 valence electrons. The van der Waals surface area contributed by atoms with Crippen molar-refractivity contribution in [1.82, 2.24) is 10.6 Å². The van der Waals surface area contributed by atoms with Crippen LogP contribution in [0.4, 0.5) is 0 Å². The van der Waals surface area contributed by atoms with E-state index >= 15 is 0 Å². The maximum absolute atomic E-state index is 12.4. The lowest BCUT2D eigenvalue weighted by atomic mass is 10.0. The summed E-state index contributed by atoms with van der Waals surface area (Å²) in [5.41, 5.74) is 1.07. The zero-order chi connectivity index (χ0) is 18.2. The second kappa shape index (κ2) is 8.92. The molecule has 1 aromatic carbocycles. The highest BCUT2D eigenvalue weighted by molar-refractivity contribution is 5.95. The summed E-state index contributed by atoms with van der Waals surface area (Å²) in [5.74, 6) is 0.324. The van der Waals surface area contributed by atoms with Crippen molar-refractivity contribution >= 4 is 11.8 Å². The molecule has 0 bridgehead atoms. The Labute approximate surface area is 147 Å². The van der Waals surface area contributed by atoms with Gasteiger partial charge in [-0.25, -0.2) is 0 Å². The van der Waals surface area contributed by atoms with Crippen LogP contribution in [0.1, 0.15) is 30.0 Å². The van der Waals surface area contributed by atoms with Gasteiger partial charge in [0.1, 0.15) is 11.8 Å². The summed E-state index contributed by atoms with van der Waals surface area (Å²) in [5, 5.41) is 5.60. The first-order valence-electron chi connectivity index (χ1n) is 8.26. The molecular formula is C19H24N2O4. The average molecular weight is 344 g/mol. The van der Waals surface area contributed by atoms with Gasteiger partial charge < -0.3 is 19.8 Å². The predicted molar refractivity (Wildman–Crippen MR) is 94.5 cm³/mol. The molecule has 2 amide bonds. The molecule has 6 nitrogen and oxygen atoms in total. The van der Waals surface area contributed by atoms with Crippen molar-refractivity contribution in [3.8, 4) is 5.75 Å². The average Bonchev–Trinajstić information content (AvgIpc) is 3.14. The van der Waals surface area contributed by atoms with Gasteiger partial charge in [-0.05, 0) is 42.2 Å². The van der Waals surface area contributed by atoms with Crippen LogP contribution in [0.15, 0.2) is 47.1 Å². The van der Waals surface area contributed by atoms with Crippen LogP contribution < -0.4 is 15.4 Å². The van der Waals surface area contributed by atoms with E-state index in [0.717, 1.165) is 11.3 Å². The molecule has 2 N–H and O–H groups in total. The Balaban J connectivity index is 1.88. The Kier molecular flexibility index (Phi) is 6.62. The first kappa shape index (κ1) is 18.6. The van der Waals surface area contributed by atoms with E-state index in [4.69, 9.17) is 9.15 Å². The highest BCUT2D eigenvalue weighted by Crippen LogP contribution is 2.12. The smallest absolute Gasteiger partial charge is 0.287 e. The van der Waals surface area contributed by atoms with Gasteiger partial charge in [0.05, 0.1) is 13.4 Å². The molecule has 0 fully saturated rings. The zero-order valence-electron chi connectivity index (χ0n) is 14.7. The quantitative estimate of drug-likeness (QED) is 0.770. The van der Waals surface area contributed by atoms with Crippen molar-refractivity contribution in [2.24, 2.45) is 5.92 Å². The lowest BCUT2D eigenvalue weighted by molar-refractivity contribution is -0.123. The Hall–Kier alpha value is -2.76. The third-order valence-electron chi connectivity index (χ3n) is 3.83. The standard InChI is InChI=1S/C19H24N2O4/c1-13(2)17(21-18(22)16-8-5-11-25-16)19(23)20-10-9-14-6-4-7-15(12-14)24-3/h4-8,11-13,17H,9-10H2,1-3H3,(H,20,23)(H,21,22). The van der Waals surface area contributed by atoms with Crippen LogP contribution in [0, 0.1) is 5.92 Å². The number of ether oxygens (including phenoxy) is 1. The number of nitrogens with one attached hydrogen (secondary N) is 2. The number of amides is 2. The van der Waals surface area contributed by atoms with Crippen LogP contribution in [0.3, 0.4) is 0 Å². The highest BCUT2D eigenvalue weighted by Gasteiger charge is 2.25. The molecular weight excluding hydrogens is 320 g/mol. The molecule has 0 saturated carbocycles. The van der Waals surface area contributed by atoms with Crippen LogP contribution in [0.25, 0.3) is 0 Å². The largest absolute Gasteiger partial charge is 0.497 e. The lowest BCUT2D eigenvalue weighted by Crippen LogP contribution is -2.50. The van der Waals surface area contributed by atoms with E-state index in [0.29, 0.717) is 13.0 Å². The van der Waals surface area contributed by atoms with E-state index in [9.17, 15) is 9.59 Å². The molecule has 0 aliphatic rings. The third kappa shape index (κ3) is 5.38. The van der Waals surface area contributed by atoms with Crippen molar-refractivity contribution in [1.29, 1.82) is 0 Å². The Bertz CT molecular complexity index is 695. The minimum absolute atomic E-state index is 0.0456. The molecule has 0 radical (unpaired) electrons. The predicted octanol–water partition coefficient (Wildman–Crippen LogP) is 2.40. The van der Waals surface area contributed by atoms with Gasteiger partial charge in [0.15, 0.2) is 5.76 Å². The second-order valence-corrected chi connectivity index (χ2v) is 6.07. The first-order chi connectivity index (χ1) is 12.0. The molecule has 0 spiro atoms. The molecule has 0 aliphatic heterocycles. The number of carbonyl (C=O) groups excluding carboxylic acids is 2. The number of hydrogen-bond acceptors (Lipinski definition) is 4. The maximum atomic E-state index is 12.4. The molecule has 1 atom stereocenters. The summed E-state index contributed by atoms with van der Waals surface area (Å²) < 4.78 is 10.2. The van der Waals surface area contributed by atoms with Gasteiger partial charge in [0, 0.05) is 6.54 Å². The van der Waals surface area contributed by atoms with Gasteiger partial charge in [-0.2, -0.15) is 0 Å². The number of methoxy groups -OCH3 is 1. The zero-order valence-corrected chi connectivity index (χ0v) is 14.7. The van der Waals surface area contributed by atoms with Gasteiger partial charge in [0.25, 0.3) is 5.91 Å². The lowest BCUT2D eigenvalue weighted by Gasteiger charge is -2.21. The molecule has 2 aromatic rings. The number of carbonyl (C=O) groups is 2. The van der Waals surface area contributed by atoms with E-state index in [-0.39, 0.29) is 17.6 Å². The van der Waals surface area contributed by atoms with Gasteiger partial charge in [0.2, 0.25) is 5.91 Å². The SMILES string of the molecule is COc1cccc(CCNC(=O)C(NC(=O)c2ccco2)C(C)C)c1. The summed E-state index contributed by atoms with van der Waals surface area (Å²) >= 11 is 0. The molecule has 1 heterocycles. The monoisotopic (exact) mass is 344 g/mol. The topological polar surface area (TPSA) is 80.6 Å². The van der Waals surface area contributed by atoms with E-state index in [1.165, 1.54) is 6.26 Å². The van der Waals surface area contributed by atoms with Crippen molar-refractivity contribution < 1.29 is 18.7 Å². The van der Waals surface area contributed by atoms with E-state index in [1.807, 2.05) is 38.1 Å². The minimum Gasteiger partial charge on any atom is -0.497 e. The number of furan rings is 1. The van der Waals surface area contributed by atoms with Crippen LogP contribution in [0.2, 0.25) is 0 Å². The van der Waals surface area contributed by atoms with Crippen LogP contribution in [0.5, 0.6) is 5.75 Å². The van der Waals surface area contributed by atoms with E-state index in [2.05, 4.69) is 10.6 Å². The molecule has 2 rings (SSSR count). The molecule has 6 heteroatoms. The van der Waals surface area contributed by atoms with Gasteiger partial charge in [-0.3, -0.25) is 9.59 Å². The van der Waals surface area contributed by atoms with Crippen molar-refractivity contribution in [3.05, 3.63) is 54.0 Å². The van der Waals surface area contributed by atoms with Crippen LogP contribution in [-0.2, 0) is 11.2 Å². The van der Waals surface area contributed by atoms with Crippen LogP contribution >= 0.6 is 0 Å². The van der Waals surface area contributed by atoms with Gasteiger partial charge in [-0.15, -0.1) is 0 Å². The maximum Gasteiger partial charge on any atom is 0.287 e. The Morgan fingerprint density at radius 3 is 2.64 bits per heavy atom. The van der Waals surface area contributed by atoms with Crippen LogP contribution in [-0.4, -0.2) is 31.5 Å². The van der Waals surface area contributed by atoms with Gasteiger partial charge >= 0.3 is 0 Å². The minimum atomic E-state index is -0.622. The second-order valence-electron chi connectivity index (χ2n) is 6.07. The van der Waals surface area contributed by atoms with Crippen molar-refractivity contribution in [2.75, 3.05) is 13.7 Å². The number of hydrogen-bond donors (Lipinski definition) is 2. The molecule has 25 heavy (non-hydrogen) atoms. The summed E-state index contributed by atoms with van der Waals surface area (Å²) in [6, 6.07) is 10.3. The summed E-state index contributed by atoms with van der Waals surface area (Å²) in [7, 11) is 1.62. The van der Waals surface area contributed by atoms with Crippen molar-refractivity contribution in [3.63, 3.8) is 0 Å². The summed E-state index contributed by atoms with van der Waals surface area (Å²) in [6.07, 6.45) is 2.10.